The SMILES string of the molecule is CCOc1cc(Cl)c(C=C2C(=O)N(c3ccccc3)N=C2C)cc1OC. The Labute approximate surface area is 157 Å². The van der Waals surface area contributed by atoms with Crippen LogP contribution in [0.15, 0.2) is 53.1 Å². The van der Waals surface area contributed by atoms with E-state index in [1.165, 1.54) is 5.01 Å². The third-order valence-electron chi connectivity index (χ3n) is 3.95. The second-order valence-corrected chi connectivity index (χ2v) is 6.06. The second kappa shape index (κ2) is 7.62. The number of nitrogens with zero attached hydrogens (tertiary/aromatic N) is 2. The molecule has 3 rings (SSSR count). The van der Waals surface area contributed by atoms with Crippen molar-refractivity contribution in [3.05, 3.63) is 58.6 Å². The van der Waals surface area contributed by atoms with Crippen LogP contribution >= 0.6 is 11.6 Å². The summed E-state index contributed by atoms with van der Waals surface area (Å²) in [6.45, 7) is 4.19. The molecule has 0 radical (unpaired) electrons. The van der Waals surface area contributed by atoms with Crippen LogP contribution in [-0.2, 0) is 4.79 Å². The molecule has 2 aromatic rings. The first-order chi connectivity index (χ1) is 12.5. The lowest BCUT2D eigenvalue weighted by molar-refractivity contribution is -0.114. The number of amides is 1. The van der Waals surface area contributed by atoms with Gasteiger partial charge in [-0.15, -0.1) is 0 Å². The predicted molar refractivity (Wildman–Crippen MR) is 104 cm³/mol. The highest BCUT2D eigenvalue weighted by atomic mass is 35.5. The fourth-order valence-electron chi connectivity index (χ4n) is 2.67. The Morgan fingerprint density at radius 2 is 1.92 bits per heavy atom. The van der Waals surface area contributed by atoms with Gasteiger partial charge in [-0.1, -0.05) is 29.8 Å². The van der Waals surface area contributed by atoms with Gasteiger partial charge in [0, 0.05) is 6.07 Å². The zero-order valence-corrected chi connectivity index (χ0v) is 15.6. The summed E-state index contributed by atoms with van der Waals surface area (Å²) in [4.78, 5) is 12.8. The number of halogens is 1. The summed E-state index contributed by atoms with van der Waals surface area (Å²) in [5.41, 5.74) is 2.50. The van der Waals surface area contributed by atoms with Gasteiger partial charge in [0.25, 0.3) is 5.91 Å². The average Bonchev–Trinajstić information content (AvgIpc) is 2.93. The lowest BCUT2D eigenvalue weighted by Gasteiger charge is -2.12. The van der Waals surface area contributed by atoms with Crippen molar-refractivity contribution in [2.45, 2.75) is 13.8 Å². The summed E-state index contributed by atoms with van der Waals surface area (Å²) < 4.78 is 10.9. The molecule has 1 aliphatic heterocycles. The van der Waals surface area contributed by atoms with Gasteiger partial charge < -0.3 is 9.47 Å². The van der Waals surface area contributed by atoms with Crippen molar-refractivity contribution in [3.8, 4) is 11.5 Å². The number of carbonyl (C=O) groups is 1. The zero-order valence-electron chi connectivity index (χ0n) is 14.8. The Morgan fingerprint density at radius 1 is 1.19 bits per heavy atom. The third-order valence-corrected chi connectivity index (χ3v) is 4.27. The maximum atomic E-state index is 12.8. The summed E-state index contributed by atoms with van der Waals surface area (Å²) >= 11 is 6.38. The number of para-hydroxylation sites is 1. The van der Waals surface area contributed by atoms with Crippen LogP contribution in [0, 0.1) is 0 Å². The Kier molecular flexibility index (Phi) is 5.28. The van der Waals surface area contributed by atoms with E-state index in [1.54, 1.807) is 32.2 Å². The van der Waals surface area contributed by atoms with Crippen LogP contribution in [-0.4, -0.2) is 25.3 Å². The van der Waals surface area contributed by atoms with Crippen molar-refractivity contribution in [1.82, 2.24) is 0 Å². The smallest absolute Gasteiger partial charge is 0.280 e. The van der Waals surface area contributed by atoms with Gasteiger partial charge in [-0.3, -0.25) is 4.79 Å². The van der Waals surface area contributed by atoms with E-state index in [-0.39, 0.29) is 5.91 Å². The molecule has 6 heteroatoms. The minimum atomic E-state index is -0.197. The van der Waals surface area contributed by atoms with Crippen molar-refractivity contribution in [3.63, 3.8) is 0 Å². The first kappa shape index (κ1) is 18.0. The Bertz CT molecular complexity index is 891. The minimum Gasteiger partial charge on any atom is -0.493 e. The molecule has 26 heavy (non-hydrogen) atoms. The summed E-state index contributed by atoms with van der Waals surface area (Å²) in [5, 5.41) is 6.23. The summed E-state index contributed by atoms with van der Waals surface area (Å²) in [5.74, 6) is 0.928. The molecule has 0 saturated carbocycles. The average molecular weight is 371 g/mol. The van der Waals surface area contributed by atoms with E-state index in [4.69, 9.17) is 21.1 Å². The standard InChI is InChI=1S/C20H19ClN2O3/c1-4-26-19-12-17(21)14(11-18(19)25-3)10-16-13(2)22-23(20(16)24)15-8-6-5-7-9-15/h5-12H,4H2,1-3H3. The molecule has 1 amide bonds. The summed E-state index contributed by atoms with van der Waals surface area (Å²) in [6, 6.07) is 12.7. The van der Waals surface area contributed by atoms with Crippen molar-refractivity contribution in [1.29, 1.82) is 0 Å². The van der Waals surface area contributed by atoms with E-state index in [1.807, 2.05) is 37.3 Å². The van der Waals surface area contributed by atoms with E-state index in [0.29, 0.717) is 40.0 Å². The molecule has 5 nitrogen and oxygen atoms in total. The highest BCUT2D eigenvalue weighted by Gasteiger charge is 2.28. The monoisotopic (exact) mass is 370 g/mol. The van der Waals surface area contributed by atoms with Gasteiger partial charge in [0.2, 0.25) is 0 Å². The predicted octanol–water partition coefficient (Wildman–Crippen LogP) is 4.55. The molecule has 1 heterocycles. The van der Waals surface area contributed by atoms with Crippen LogP contribution in [0.25, 0.3) is 6.08 Å². The molecule has 0 saturated heterocycles. The third kappa shape index (κ3) is 3.44. The Hall–Kier alpha value is -2.79. The molecule has 0 spiro atoms. The molecule has 1 aliphatic rings. The van der Waals surface area contributed by atoms with Gasteiger partial charge in [-0.2, -0.15) is 10.1 Å². The fourth-order valence-corrected chi connectivity index (χ4v) is 2.88. The van der Waals surface area contributed by atoms with Gasteiger partial charge in [-0.25, -0.2) is 0 Å². The van der Waals surface area contributed by atoms with Gasteiger partial charge in [0.1, 0.15) is 0 Å². The summed E-state index contributed by atoms with van der Waals surface area (Å²) in [6.07, 6.45) is 1.73. The first-order valence-corrected chi connectivity index (χ1v) is 8.60. The quantitative estimate of drug-likeness (QED) is 0.725. The number of methoxy groups -OCH3 is 1. The van der Waals surface area contributed by atoms with E-state index in [9.17, 15) is 4.79 Å². The molecule has 134 valence electrons. The second-order valence-electron chi connectivity index (χ2n) is 5.65. The Balaban J connectivity index is 1.98. The van der Waals surface area contributed by atoms with Crippen molar-refractivity contribution >= 4 is 35.0 Å². The number of hydrogen-bond donors (Lipinski definition) is 0. The molecule has 0 N–H and O–H groups in total. The molecule has 0 bridgehead atoms. The topological polar surface area (TPSA) is 51.1 Å². The Morgan fingerprint density at radius 3 is 2.58 bits per heavy atom. The van der Waals surface area contributed by atoms with Crippen molar-refractivity contribution < 1.29 is 14.3 Å². The number of carbonyl (C=O) groups excluding carboxylic acids is 1. The normalized spacial score (nSPS) is 15.4. The largest absolute Gasteiger partial charge is 0.493 e. The number of rotatable bonds is 5. The lowest BCUT2D eigenvalue weighted by atomic mass is 10.1. The number of hydrogen-bond acceptors (Lipinski definition) is 4. The molecular formula is C20H19ClN2O3. The van der Waals surface area contributed by atoms with Crippen LogP contribution in [0.3, 0.4) is 0 Å². The first-order valence-electron chi connectivity index (χ1n) is 8.22. The molecule has 0 aromatic heterocycles. The van der Waals surface area contributed by atoms with E-state index < -0.39 is 0 Å². The maximum absolute atomic E-state index is 12.8. The molecular weight excluding hydrogens is 352 g/mol. The number of anilines is 1. The van der Waals surface area contributed by atoms with Crippen LogP contribution in [0.5, 0.6) is 11.5 Å². The van der Waals surface area contributed by atoms with Crippen LogP contribution in [0.2, 0.25) is 5.02 Å². The van der Waals surface area contributed by atoms with Crippen LogP contribution < -0.4 is 14.5 Å². The molecule has 0 aliphatic carbocycles. The van der Waals surface area contributed by atoms with Crippen molar-refractivity contribution in [2.75, 3.05) is 18.7 Å². The lowest BCUT2D eigenvalue weighted by Crippen LogP contribution is -2.21. The highest BCUT2D eigenvalue weighted by molar-refractivity contribution is 6.35. The van der Waals surface area contributed by atoms with E-state index in [0.717, 1.165) is 5.69 Å². The van der Waals surface area contributed by atoms with Gasteiger partial charge in [0.05, 0.1) is 35.7 Å². The maximum Gasteiger partial charge on any atom is 0.280 e. The molecule has 0 fully saturated rings. The van der Waals surface area contributed by atoms with Crippen LogP contribution in [0.4, 0.5) is 5.69 Å². The highest BCUT2D eigenvalue weighted by Crippen LogP contribution is 2.35. The number of ether oxygens (including phenoxy) is 2. The van der Waals surface area contributed by atoms with E-state index in [2.05, 4.69) is 5.10 Å². The zero-order chi connectivity index (χ0) is 18.7. The summed E-state index contributed by atoms with van der Waals surface area (Å²) in [7, 11) is 1.56. The van der Waals surface area contributed by atoms with Gasteiger partial charge >= 0.3 is 0 Å². The van der Waals surface area contributed by atoms with Gasteiger partial charge in [-0.05, 0) is 43.7 Å². The number of hydrazone groups is 1. The van der Waals surface area contributed by atoms with Gasteiger partial charge in [0.15, 0.2) is 11.5 Å². The van der Waals surface area contributed by atoms with E-state index >= 15 is 0 Å². The molecule has 2 aromatic carbocycles. The molecule has 0 unspecified atom stereocenters. The van der Waals surface area contributed by atoms with Crippen LogP contribution in [0.1, 0.15) is 19.4 Å². The fraction of sp³-hybridized carbons (Fsp3) is 0.200. The number of benzene rings is 2. The molecule has 0 atom stereocenters. The van der Waals surface area contributed by atoms with Crippen molar-refractivity contribution in [2.24, 2.45) is 5.10 Å². The minimum absolute atomic E-state index is 0.197.